The van der Waals surface area contributed by atoms with Crippen molar-refractivity contribution >= 4 is 18.6 Å². The first-order valence-corrected chi connectivity index (χ1v) is 4.58. The summed E-state index contributed by atoms with van der Waals surface area (Å²) >= 11 is 0. The molecule has 0 spiro atoms. The smallest absolute Gasteiger partial charge is 0.522 e. The third-order valence-electron chi connectivity index (χ3n) is 1.61. The fourth-order valence-corrected chi connectivity index (χ4v) is 1.03. The molecule has 1 rings (SSSR count). The fraction of sp³-hybridized carbons (Fsp3) is 0.222. The van der Waals surface area contributed by atoms with Gasteiger partial charge in [-0.25, -0.2) is 0 Å². The average Bonchev–Trinajstić information content (AvgIpc) is 2.14. The molecule has 0 saturated heterocycles. The number of anilines is 1. The Bertz CT molecular complexity index is 369. The molecule has 8 heteroatoms. The van der Waals surface area contributed by atoms with E-state index in [-0.39, 0.29) is 63.0 Å². The number of carbonyl (C=O) groups excluding carboxylic acids is 1. The van der Waals surface area contributed by atoms with E-state index in [1.165, 1.54) is 31.2 Å². The number of hydrogen-bond donors (Lipinski definition) is 1. The normalized spacial score (nSPS) is 10.4. The summed E-state index contributed by atoms with van der Waals surface area (Å²) in [7, 11) is 0. The number of ether oxygens (including phenoxy) is 1. The Labute approximate surface area is 140 Å². The number of halogens is 3. The molecule has 0 bridgehead atoms. The first-order valence-electron chi connectivity index (χ1n) is 4.58. The van der Waals surface area contributed by atoms with E-state index in [1.54, 1.807) is 0 Å². The number of hydrogen-bond acceptors (Lipinski definition) is 2. The van der Waals surface area contributed by atoms with Crippen molar-refractivity contribution in [3.63, 3.8) is 0 Å². The maximum Gasteiger partial charge on any atom is 1.00 e. The third-order valence-corrected chi connectivity index (χ3v) is 1.61. The predicted octanol–water partition coefficient (Wildman–Crippen LogP) is -0.586. The minimum atomic E-state index is -4.95. The van der Waals surface area contributed by atoms with Crippen LogP contribution in [0.15, 0.2) is 24.3 Å². The Morgan fingerprint density at radius 3 is 2.24 bits per heavy atom. The molecule has 1 N–H and O–H groups in total. The van der Waals surface area contributed by atoms with Gasteiger partial charge in [0.15, 0.2) is 0 Å². The molecule has 1 aromatic carbocycles. The van der Waals surface area contributed by atoms with Crippen LogP contribution in [-0.2, 0) is 4.79 Å². The molecule has 0 aliphatic rings. The summed E-state index contributed by atoms with van der Waals surface area (Å²) in [5, 5.41) is 2.49. The van der Waals surface area contributed by atoms with Gasteiger partial charge in [-0.1, -0.05) is 0 Å². The van der Waals surface area contributed by atoms with Gasteiger partial charge >= 0.3 is 58.4 Å². The molecule has 88 valence electrons. The van der Waals surface area contributed by atoms with E-state index in [1.807, 2.05) is 0 Å². The van der Waals surface area contributed by atoms with Crippen LogP contribution in [-0.4, -0.2) is 19.4 Å². The van der Waals surface area contributed by atoms with Gasteiger partial charge in [0.2, 0.25) is 5.91 Å². The van der Waals surface area contributed by atoms with Gasteiger partial charge in [-0.3, -0.25) is 4.79 Å². The van der Waals surface area contributed by atoms with Crippen LogP contribution in [0.2, 0.25) is 0 Å². The van der Waals surface area contributed by atoms with Crippen LogP contribution >= 0.6 is 0 Å². The van der Waals surface area contributed by atoms with E-state index in [9.17, 15) is 17.7 Å². The second kappa shape index (κ2) is 7.42. The Morgan fingerprint density at radius 1 is 1.29 bits per heavy atom. The molecule has 1 amide bonds. The molecule has 0 aromatic heterocycles. The maximum absolute atomic E-state index is 11.9. The van der Waals surface area contributed by atoms with Crippen molar-refractivity contribution in [2.75, 3.05) is 11.8 Å². The van der Waals surface area contributed by atoms with Gasteiger partial charge in [-0.15, -0.1) is 0 Å². The monoisotopic (exact) mass is 271 g/mol. The van der Waals surface area contributed by atoms with Crippen molar-refractivity contribution in [3.05, 3.63) is 24.3 Å². The fourth-order valence-electron chi connectivity index (χ4n) is 1.03. The molecule has 0 radical (unpaired) electrons. The zero-order chi connectivity index (χ0) is 12.2. The Balaban J connectivity index is 0.00000256. The van der Waals surface area contributed by atoms with Crippen molar-refractivity contribution in [1.29, 1.82) is 0 Å². The van der Waals surface area contributed by atoms with Crippen molar-refractivity contribution in [2.45, 2.75) is 6.92 Å². The number of amides is 1. The average molecular weight is 271 g/mol. The van der Waals surface area contributed by atoms with E-state index >= 15 is 0 Å². The summed E-state index contributed by atoms with van der Waals surface area (Å²) in [6, 6.07) is 5.68. The molecule has 0 fully saturated rings. The Hall–Kier alpha value is -0.0187. The topological polar surface area (TPSA) is 38.3 Å². The summed E-state index contributed by atoms with van der Waals surface area (Å²) in [6.07, 6.45) is 0. The molecule has 0 heterocycles. The van der Waals surface area contributed by atoms with E-state index < -0.39 is 13.5 Å². The minimum absolute atomic E-state index is 0. The van der Waals surface area contributed by atoms with Crippen LogP contribution in [0.1, 0.15) is 6.92 Å². The molecular formula is C9H10BF3KNO2. The van der Waals surface area contributed by atoms with Crippen molar-refractivity contribution in [3.8, 4) is 5.75 Å². The molecule has 3 nitrogen and oxygen atoms in total. The van der Waals surface area contributed by atoms with Gasteiger partial charge < -0.3 is 23.0 Å². The summed E-state index contributed by atoms with van der Waals surface area (Å²) < 4.78 is 40.1. The van der Waals surface area contributed by atoms with Crippen LogP contribution in [0.3, 0.4) is 0 Å². The van der Waals surface area contributed by atoms with E-state index in [2.05, 4.69) is 10.1 Å². The molecule has 0 unspecified atom stereocenters. The van der Waals surface area contributed by atoms with Gasteiger partial charge in [0.05, 0.1) is 6.51 Å². The van der Waals surface area contributed by atoms with Crippen LogP contribution in [0.25, 0.3) is 0 Å². The molecule has 0 atom stereocenters. The van der Waals surface area contributed by atoms with Crippen molar-refractivity contribution in [1.82, 2.24) is 0 Å². The Morgan fingerprint density at radius 2 is 1.82 bits per heavy atom. The standard InChI is InChI=1S/C9H10BF3NO2.K/c1-7(15)14-8-2-4-9(5-3-8)16-6-10(11,12)13;/h2-5H,6H2,1H3,(H,14,15);/q-1;+1. The van der Waals surface area contributed by atoms with Crippen LogP contribution in [0.4, 0.5) is 18.6 Å². The number of carbonyl (C=O) groups is 1. The van der Waals surface area contributed by atoms with Crippen LogP contribution < -0.4 is 61.4 Å². The van der Waals surface area contributed by atoms with Crippen molar-refractivity contribution < 1.29 is 73.9 Å². The molecule has 17 heavy (non-hydrogen) atoms. The Kier molecular flexibility index (Phi) is 7.42. The van der Waals surface area contributed by atoms with E-state index in [4.69, 9.17) is 0 Å². The SMILES string of the molecule is CC(=O)Nc1ccc(OC[B-](F)(F)F)cc1.[K+]. The first kappa shape index (κ1) is 17.0. The molecule has 0 aliphatic heterocycles. The summed E-state index contributed by atoms with van der Waals surface area (Å²) in [4.78, 5) is 10.7. The maximum atomic E-state index is 11.9. The van der Waals surface area contributed by atoms with Crippen molar-refractivity contribution in [2.24, 2.45) is 0 Å². The zero-order valence-corrected chi connectivity index (χ0v) is 12.7. The molecule has 0 aliphatic carbocycles. The number of nitrogens with one attached hydrogen (secondary N) is 1. The molecular weight excluding hydrogens is 261 g/mol. The van der Waals surface area contributed by atoms with Gasteiger partial charge in [0, 0.05) is 12.6 Å². The van der Waals surface area contributed by atoms with Gasteiger partial charge in [0.25, 0.3) is 0 Å². The third kappa shape index (κ3) is 7.82. The van der Waals surface area contributed by atoms with E-state index in [0.29, 0.717) is 5.69 Å². The number of rotatable bonds is 4. The molecule has 1 aromatic rings. The predicted molar refractivity (Wildman–Crippen MR) is 55.3 cm³/mol. The quantitative estimate of drug-likeness (QED) is 0.744. The van der Waals surface area contributed by atoms with Gasteiger partial charge in [-0.05, 0) is 24.3 Å². The molecule has 0 saturated carbocycles. The summed E-state index contributed by atoms with van der Waals surface area (Å²) in [5.41, 5.74) is 0.511. The summed E-state index contributed by atoms with van der Waals surface area (Å²) in [6.45, 7) is -4.87. The largest absolute Gasteiger partial charge is 1.00 e. The second-order valence-corrected chi connectivity index (χ2v) is 3.23. The van der Waals surface area contributed by atoms with Crippen LogP contribution in [0, 0.1) is 0 Å². The first-order chi connectivity index (χ1) is 7.37. The van der Waals surface area contributed by atoms with Gasteiger partial charge in [0.1, 0.15) is 5.75 Å². The van der Waals surface area contributed by atoms with E-state index in [0.717, 1.165) is 0 Å². The summed E-state index contributed by atoms with van der Waals surface area (Å²) in [5.74, 6) is -0.124. The second-order valence-electron chi connectivity index (χ2n) is 3.23. The van der Waals surface area contributed by atoms with Crippen LogP contribution in [0.5, 0.6) is 5.75 Å². The van der Waals surface area contributed by atoms with Gasteiger partial charge in [-0.2, -0.15) is 0 Å². The zero-order valence-electron chi connectivity index (χ0n) is 9.54. The number of benzene rings is 1. The minimum Gasteiger partial charge on any atom is -0.522 e.